The zero-order valence-corrected chi connectivity index (χ0v) is 17.3. The molecule has 2 saturated heterocycles. The van der Waals surface area contributed by atoms with E-state index in [2.05, 4.69) is 51.6 Å². The summed E-state index contributed by atoms with van der Waals surface area (Å²) in [6, 6.07) is 8.34. The second kappa shape index (κ2) is 8.62. The van der Waals surface area contributed by atoms with Gasteiger partial charge >= 0.3 is 0 Å². The van der Waals surface area contributed by atoms with Crippen molar-refractivity contribution in [2.24, 2.45) is 13.0 Å². The van der Waals surface area contributed by atoms with Gasteiger partial charge in [-0.1, -0.05) is 12.1 Å². The molecule has 1 aromatic heterocycles. The van der Waals surface area contributed by atoms with Crippen LogP contribution in [0.1, 0.15) is 31.5 Å². The van der Waals surface area contributed by atoms with Gasteiger partial charge < -0.3 is 14.4 Å². The molecule has 0 radical (unpaired) electrons. The highest BCUT2D eigenvalue weighted by Crippen LogP contribution is 2.24. The van der Waals surface area contributed by atoms with E-state index in [1.807, 2.05) is 6.07 Å². The lowest BCUT2D eigenvalue weighted by atomic mass is 9.93. The number of fused-ring (bicyclic) bond motifs is 1. The molecule has 2 fully saturated rings. The van der Waals surface area contributed by atoms with Gasteiger partial charge in [0, 0.05) is 46.2 Å². The summed E-state index contributed by atoms with van der Waals surface area (Å²) < 4.78 is 2.22. The quantitative estimate of drug-likeness (QED) is 0.795. The number of hydrogen-bond donors (Lipinski definition) is 0. The number of likely N-dealkylation sites (N-methyl/N-ethyl adjacent to an activating group) is 1. The summed E-state index contributed by atoms with van der Waals surface area (Å²) in [7, 11) is 4.24. The van der Waals surface area contributed by atoms with E-state index >= 15 is 0 Å². The minimum absolute atomic E-state index is 0.348. The maximum atomic E-state index is 12.5. The van der Waals surface area contributed by atoms with Crippen LogP contribution in [0.5, 0.6) is 0 Å². The summed E-state index contributed by atoms with van der Waals surface area (Å²) >= 11 is 0. The predicted octanol–water partition coefficient (Wildman–Crippen LogP) is 2.34. The largest absolute Gasteiger partial charge is 0.340 e. The van der Waals surface area contributed by atoms with Crippen LogP contribution in [0.3, 0.4) is 0 Å². The number of amides is 1. The summed E-state index contributed by atoms with van der Waals surface area (Å²) in [4.78, 5) is 24.2. The number of likely N-dealkylation sites (tertiary alicyclic amines) is 1. The van der Waals surface area contributed by atoms with Crippen LogP contribution in [0.25, 0.3) is 11.0 Å². The van der Waals surface area contributed by atoms with Gasteiger partial charge in [0.25, 0.3) is 0 Å². The number of piperazine rings is 1. The lowest BCUT2D eigenvalue weighted by molar-refractivity contribution is -0.133. The number of carbonyl (C=O) groups is 1. The average molecular weight is 384 g/mol. The average Bonchev–Trinajstić information content (AvgIpc) is 3.03. The summed E-state index contributed by atoms with van der Waals surface area (Å²) in [5, 5.41) is 0. The Morgan fingerprint density at radius 3 is 2.68 bits per heavy atom. The molecule has 2 aromatic rings. The summed E-state index contributed by atoms with van der Waals surface area (Å²) in [6.45, 7) is 6.89. The molecule has 152 valence electrons. The molecule has 4 rings (SSSR count). The van der Waals surface area contributed by atoms with Crippen molar-refractivity contribution in [3.63, 3.8) is 0 Å². The third kappa shape index (κ3) is 4.39. The Labute approximate surface area is 168 Å². The number of imidazole rings is 1. The molecule has 6 nitrogen and oxygen atoms in total. The van der Waals surface area contributed by atoms with Crippen molar-refractivity contribution in [3.05, 3.63) is 30.1 Å². The molecule has 0 saturated carbocycles. The number of hydrogen-bond acceptors (Lipinski definition) is 4. The molecule has 0 spiro atoms. The molecule has 1 atom stereocenters. The minimum atomic E-state index is 0.348. The summed E-state index contributed by atoms with van der Waals surface area (Å²) in [5.41, 5.74) is 2.27. The van der Waals surface area contributed by atoms with Gasteiger partial charge in [-0.05, 0) is 50.9 Å². The zero-order valence-electron chi connectivity index (χ0n) is 17.3. The zero-order chi connectivity index (χ0) is 19.5. The van der Waals surface area contributed by atoms with E-state index < -0.39 is 0 Å². The molecule has 1 unspecified atom stereocenters. The van der Waals surface area contributed by atoms with E-state index in [9.17, 15) is 4.79 Å². The molecule has 0 N–H and O–H groups in total. The van der Waals surface area contributed by atoms with Gasteiger partial charge in [0.2, 0.25) is 5.91 Å². The van der Waals surface area contributed by atoms with E-state index in [0.717, 1.165) is 63.6 Å². The standard InChI is InChI=1S/C22H33N5O/c1-24-12-14-27(15-13-24)22(28)10-9-18-6-5-11-26(16-18)17-21-23-19-7-3-4-8-20(19)25(21)2/h3-4,7-8,18H,5-6,9-17H2,1-2H3. The number of aryl methyl sites for hydroxylation is 1. The molecule has 1 amide bonds. The topological polar surface area (TPSA) is 44.6 Å². The fraction of sp³-hybridized carbons (Fsp3) is 0.636. The summed E-state index contributed by atoms with van der Waals surface area (Å²) in [5.74, 6) is 2.11. The minimum Gasteiger partial charge on any atom is -0.340 e. The van der Waals surface area contributed by atoms with Crippen LogP contribution in [-0.4, -0.2) is 76.5 Å². The van der Waals surface area contributed by atoms with Crippen LogP contribution < -0.4 is 0 Å². The first-order chi connectivity index (χ1) is 13.6. The number of benzene rings is 1. The molecular formula is C22H33N5O. The molecule has 2 aliphatic rings. The maximum absolute atomic E-state index is 12.5. The molecule has 0 bridgehead atoms. The normalized spacial score (nSPS) is 22.1. The Morgan fingerprint density at radius 1 is 1.11 bits per heavy atom. The maximum Gasteiger partial charge on any atom is 0.222 e. The molecule has 3 heterocycles. The van der Waals surface area contributed by atoms with E-state index in [0.29, 0.717) is 18.2 Å². The Bertz CT molecular complexity index is 808. The number of piperidine rings is 1. The Morgan fingerprint density at radius 2 is 1.89 bits per heavy atom. The first-order valence-corrected chi connectivity index (χ1v) is 10.7. The number of aromatic nitrogens is 2. The fourth-order valence-corrected chi connectivity index (χ4v) is 4.61. The Kier molecular flexibility index (Phi) is 5.97. The SMILES string of the molecule is CN1CCN(C(=O)CCC2CCCN(Cc3nc4ccccc4n3C)C2)CC1. The second-order valence-corrected chi connectivity index (χ2v) is 8.54. The van der Waals surface area contributed by atoms with Crippen molar-refractivity contribution in [2.75, 3.05) is 46.3 Å². The molecule has 28 heavy (non-hydrogen) atoms. The van der Waals surface area contributed by atoms with Gasteiger partial charge in [-0.3, -0.25) is 9.69 Å². The van der Waals surface area contributed by atoms with Crippen LogP contribution in [0.2, 0.25) is 0 Å². The van der Waals surface area contributed by atoms with Crippen LogP contribution in [-0.2, 0) is 18.4 Å². The van der Waals surface area contributed by atoms with Crippen LogP contribution in [0, 0.1) is 5.92 Å². The first kappa shape index (κ1) is 19.4. The van der Waals surface area contributed by atoms with Crippen molar-refractivity contribution < 1.29 is 4.79 Å². The van der Waals surface area contributed by atoms with Crippen LogP contribution in [0.15, 0.2) is 24.3 Å². The number of rotatable bonds is 5. The van der Waals surface area contributed by atoms with Gasteiger partial charge in [-0.25, -0.2) is 4.98 Å². The monoisotopic (exact) mass is 383 g/mol. The first-order valence-electron chi connectivity index (χ1n) is 10.7. The van der Waals surface area contributed by atoms with E-state index in [1.54, 1.807) is 0 Å². The van der Waals surface area contributed by atoms with Crippen LogP contribution in [0.4, 0.5) is 0 Å². The van der Waals surface area contributed by atoms with Gasteiger partial charge in [-0.15, -0.1) is 0 Å². The Hall–Kier alpha value is -1.92. The summed E-state index contributed by atoms with van der Waals surface area (Å²) in [6.07, 6.45) is 4.19. The highest BCUT2D eigenvalue weighted by Gasteiger charge is 2.24. The lowest BCUT2D eigenvalue weighted by Gasteiger charge is -2.34. The lowest BCUT2D eigenvalue weighted by Crippen LogP contribution is -2.47. The van der Waals surface area contributed by atoms with E-state index in [4.69, 9.17) is 4.98 Å². The number of para-hydroxylation sites is 2. The number of carbonyl (C=O) groups excluding carboxylic acids is 1. The van der Waals surface area contributed by atoms with Crippen LogP contribution >= 0.6 is 0 Å². The smallest absolute Gasteiger partial charge is 0.222 e. The molecule has 2 aliphatic heterocycles. The third-order valence-electron chi connectivity index (χ3n) is 6.47. The molecular weight excluding hydrogens is 350 g/mol. The highest BCUT2D eigenvalue weighted by atomic mass is 16.2. The van der Waals surface area contributed by atoms with Crippen molar-refractivity contribution in [3.8, 4) is 0 Å². The van der Waals surface area contributed by atoms with Gasteiger partial charge in [0.15, 0.2) is 0 Å². The highest BCUT2D eigenvalue weighted by molar-refractivity contribution is 5.76. The predicted molar refractivity (Wildman–Crippen MR) is 112 cm³/mol. The third-order valence-corrected chi connectivity index (χ3v) is 6.47. The van der Waals surface area contributed by atoms with Crippen molar-refractivity contribution in [1.82, 2.24) is 24.3 Å². The second-order valence-electron chi connectivity index (χ2n) is 8.54. The van der Waals surface area contributed by atoms with Crippen molar-refractivity contribution in [1.29, 1.82) is 0 Å². The van der Waals surface area contributed by atoms with Gasteiger partial charge in [-0.2, -0.15) is 0 Å². The van der Waals surface area contributed by atoms with Crippen molar-refractivity contribution in [2.45, 2.75) is 32.2 Å². The Balaban J connectivity index is 1.29. The van der Waals surface area contributed by atoms with E-state index in [1.165, 1.54) is 18.4 Å². The fourth-order valence-electron chi connectivity index (χ4n) is 4.61. The molecule has 1 aromatic carbocycles. The van der Waals surface area contributed by atoms with Crippen molar-refractivity contribution >= 4 is 16.9 Å². The molecule has 6 heteroatoms. The molecule has 0 aliphatic carbocycles. The van der Waals surface area contributed by atoms with Gasteiger partial charge in [0.05, 0.1) is 17.6 Å². The van der Waals surface area contributed by atoms with Gasteiger partial charge in [0.1, 0.15) is 5.82 Å². The van der Waals surface area contributed by atoms with E-state index in [-0.39, 0.29) is 0 Å². The number of nitrogens with zero attached hydrogens (tertiary/aromatic N) is 5.